The summed E-state index contributed by atoms with van der Waals surface area (Å²) >= 11 is 0. The molecule has 7 nitrogen and oxygen atoms in total. The van der Waals surface area contributed by atoms with Gasteiger partial charge >= 0.3 is 0 Å². The van der Waals surface area contributed by atoms with Gasteiger partial charge in [-0.3, -0.25) is 0 Å². The monoisotopic (exact) mass is 277 g/mol. The van der Waals surface area contributed by atoms with Crippen LogP contribution in [0, 0.1) is 5.41 Å². The average molecular weight is 277 g/mol. The number of nitrogens with two attached hydrogens (primary N) is 1. The molecule has 2 aliphatic rings. The van der Waals surface area contributed by atoms with Gasteiger partial charge in [0.2, 0.25) is 17.8 Å². The number of hydrogen-bond donors (Lipinski definition) is 3. The highest BCUT2D eigenvalue weighted by molar-refractivity contribution is 5.42. The van der Waals surface area contributed by atoms with Gasteiger partial charge < -0.3 is 21.3 Å². The molecule has 0 aromatic carbocycles. The number of hydrogen-bond acceptors (Lipinski definition) is 7. The molecule has 20 heavy (non-hydrogen) atoms. The van der Waals surface area contributed by atoms with Crippen molar-refractivity contribution in [3.63, 3.8) is 0 Å². The lowest BCUT2D eigenvalue weighted by atomic mass is 10.1. The molecule has 1 aliphatic carbocycles. The summed E-state index contributed by atoms with van der Waals surface area (Å²) in [7, 11) is 0. The molecular weight excluding hydrogens is 254 g/mol. The van der Waals surface area contributed by atoms with Crippen LogP contribution in [0.4, 0.5) is 17.8 Å². The van der Waals surface area contributed by atoms with Crippen LogP contribution < -0.4 is 21.3 Å². The smallest absolute Gasteiger partial charge is 0.231 e. The van der Waals surface area contributed by atoms with E-state index in [1.165, 1.54) is 12.8 Å². The third-order valence-corrected chi connectivity index (χ3v) is 4.04. The van der Waals surface area contributed by atoms with Crippen LogP contribution >= 0.6 is 0 Å². The second-order valence-corrected chi connectivity index (χ2v) is 6.07. The van der Waals surface area contributed by atoms with Crippen molar-refractivity contribution in [2.45, 2.75) is 26.2 Å². The largest absolute Gasteiger partial charge is 0.368 e. The van der Waals surface area contributed by atoms with Crippen molar-refractivity contribution in [3.8, 4) is 0 Å². The molecule has 1 saturated carbocycles. The molecule has 2 fully saturated rings. The van der Waals surface area contributed by atoms with Crippen LogP contribution in [0.2, 0.25) is 0 Å². The molecule has 1 aromatic rings. The third kappa shape index (κ3) is 3.27. The van der Waals surface area contributed by atoms with Gasteiger partial charge in [0, 0.05) is 26.2 Å². The summed E-state index contributed by atoms with van der Waals surface area (Å²) in [5.74, 6) is 1.57. The highest BCUT2D eigenvalue weighted by Gasteiger charge is 2.37. The molecule has 0 atom stereocenters. The van der Waals surface area contributed by atoms with Gasteiger partial charge in [-0.1, -0.05) is 6.92 Å². The number of nitrogens with one attached hydrogen (secondary N) is 2. The minimum atomic E-state index is 0.288. The standard InChI is InChI=1S/C13H23N7/c1-13(3-4-13)9-16-11-17-10(14)18-12(19-11)20-7-2-5-15-6-8-20/h15H,2-9H2,1H3,(H3,14,16,17,18,19). The van der Waals surface area contributed by atoms with E-state index in [-0.39, 0.29) is 5.95 Å². The molecule has 4 N–H and O–H groups in total. The molecule has 0 amide bonds. The number of nitrogens with zero attached hydrogens (tertiary/aromatic N) is 4. The summed E-state index contributed by atoms with van der Waals surface area (Å²) < 4.78 is 0. The van der Waals surface area contributed by atoms with Crippen molar-refractivity contribution >= 4 is 17.8 Å². The fourth-order valence-corrected chi connectivity index (χ4v) is 2.33. The van der Waals surface area contributed by atoms with Gasteiger partial charge in [-0.2, -0.15) is 15.0 Å². The number of nitrogen functional groups attached to an aromatic ring is 1. The molecule has 2 heterocycles. The lowest BCUT2D eigenvalue weighted by molar-refractivity contribution is 0.607. The van der Waals surface area contributed by atoms with Crippen LogP contribution in [-0.2, 0) is 0 Å². The van der Waals surface area contributed by atoms with Gasteiger partial charge in [-0.15, -0.1) is 0 Å². The Labute approximate surface area is 119 Å². The van der Waals surface area contributed by atoms with Crippen LogP contribution in [0.3, 0.4) is 0 Å². The summed E-state index contributed by atoms with van der Waals surface area (Å²) in [6.45, 7) is 7.02. The third-order valence-electron chi connectivity index (χ3n) is 4.04. The number of anilines is 3. The molecule has 0 bridgehead atoms. The molecule has 1 aliphatic heterocycles. The fourth-order valence-electron chi connectivity index (χ4n) is 2.33. The Morgan fingerprint density at radius 3 is 2.90 bits per heavy atom. The quantitative estimate of drug-likeness (QED) is 0.736. The Balaban J connectivity index is 1.71. The van der Waals surface area contributed by atoms with Gasteiger partial charge in [0.25, 0.3) is 0 Å². The van der Waals surface area contributed by atoms with E-state index in [4.69, 9.17) is 5.73 Å². The maximum atomic E-state index is 5.82. The summed E-state index contributed by atoms with van der Waals surface area (Å²) in [5.41, 5.74) is 6.23. The van der Waals surface area contributed by atoms with E-state index in [0.717, 1.165) is 39.1 Å². The van der Waals surface area contributed by atoms with E-state index in [1.807, 2.05) is 0 Å². The molecule has 3 rings (SSSR count). The molecule has 7 heteroatoms. The van der Waals surface area contributed by atoms with Crippen LogP contribution in [0.25, 0.3) is 0 Å². The summed E-state index contributed by atoms with van der Waals surface area (Å²) in [6, 6.07) is 0. The van der Waals surface area contributed by atoms with Crippen LogP contribution in [0.15, 0.2) is 0 Å². The SMILES string of the molecule is CC1(CNc2nc(N)nc(N3CCCNCC3)n2)CC1. The lowest BCUT2D eigenvalue weighted by Crippen LogP contribution is -2.30. The Morgan fingerprint density at radius 1 is 1.25 bits per heavy atom. The molecular formula is C13H23N7. The van der Waals surface area contributed by atoms with E-state index in [9.17, 15) is 0 Å². The van der Waals surface area contributed by atoms with Crippen LogP contribution in [0.5, 0.6) is 0 Å². The topological polar surface area (TPSA) is 92.0 Å². The molecule has 0 unspecified atom stereocenters. The summed E-state index contributed by atoms with van der Waals surface area (Å²) in [6.07, 6.45) is 3.63. The molecule has 0 spiro atoms. The average Bonchev–Trinajstić information content (AvgIpc) is 3.20. The van der Waals surface area contributed by atoms with E-state index in [2.05, 4.69) is 37.4 Å². The first-order valence-corrected chi connectivity index (χ1v) is 7.36. The Morgan fingerprint density at radius 2 is 2.10 bits per heavy atom. The zero-order valence-electron chi connectivity index (χ0n) is 12.0. The molecule has 1 saturated heterocycles. The predicted octanol–water partition coefficient (Wildman–Crippen LogP) is 0.466. The van der Waals surface area contributed by atoms with Crippen molar-refractivity contribution in [1.29, 1.82) is 0 Å². The van der Waals surface area contributed by atoms with E-state index in [1.54, 1.807) is 0 Å². The second-order valence-electron chi connectivity index (χ2n) is 6.07. The Hall–Kier alpha value is -1.63. The second kappa shape index (κ2) is 5.40. The van der Waals surface area contributed by atoms with Gasteiger partial charge in [-0.25, -0.2) is 0 Å². The Bertz CT molecular complexity index is 464. The Kier molecular flexibility index (Phi) is 3.60. The van der Waals surface area contributed by atoms with Crippen molar-refractivity contribution in [1.82, 2.24) is 20.3 Å². The van der Waals surface area contributed by atoms with Crippen molar-refractivity contribution in [2.24, 2.45) is 5.41 Å². The maximum Gasteiger partial charge on any atom is 0.231 e. The number of rotatable bonds is 4. The van der Waals surface area contributed by atoms with Gasteiger partial charge in [-0.05, 0) is 31.2 Å². The van der Waals surface area contributed by atoms with Gasteiger partial charge in [0.05, 0.1) is 0 Å². The first-order chi connectivity index (χ1) is 9.65. The van der Waals surface area contributed by atoms with Crippen molar-refractivity contribution in [2.75, 3.05) is 48.7 Å². The minimum absolute atomic E-state index is 0.288. The summed E-state index contributed by atoms with van der Waals surface area (Å²) in [4.78, 5) is 15.1. The van der Waals surface area contributed by atoms with E-state index < -0.39 is 0 Å². The highest BCUT2D eigenvalue weighted by Crippen LogP contribution is 2.44. The predicted molar refractivity (Wildman–Crippen MR) is 79.8 cm³/mol. The molecule has 0 radical (unpaired) electrons. The molecule has 110 valence electrons. The fraction of sp³-hybridized carbons (Fsp3) is 0.769. The van der Waals surface area contributed by atoms with Crippen molar-refractivity contribution < 1.29 is 0 Å². The van der Waals surface area contributed by atoms with Gasteiger partial charge in [0.1, 0.15) is 0 Å². The van der Waals surface area contributed by atoms with E-state index >= 15 is 0 Å². The van der Waals surface area contributed by atoms with Crippen LogP contribution in [0.1, 0.15) is 26.2 Å². The highest BCUT2D eigenvalue weighted by atomic mass is 15.3. The van der Waals surface area contributed by atoms with Crippen molar-refractivity contribution in [3.05, 3.63) is 0 Å². The minimum Gasteiger partial charge on any atom is -0.368 e. The first kappa shape index (κ1) is 13.4. The van der Waals surface area contributed by atoms with Crippen LogP contribution in [-0.4, -0.2) is 47.7 Å². The first-order valence-electron chi connectivity index (χ1n) is 7.36. The lowest BCUT2D eigenvalue weighted by Gasteiger charge is -2.20. The zero-order chi connectivity index (χ0) is 14.0. The normalized spacial score (nSPS) is 21.4. The van der Waals surface area contributed by atoms with Gasteiger partial charge in [0.15, 0.2) is 0 Å². The zero-order valence-corrected chi connectivity index (χ0v) is 12.0. The van der Waals surface area contributed by atoms with E-state index in [0.29, 0.717) is 17.3 Å². The summed E-state index contributed by atoms with van der Waals surface area (Å²) in [5, 5.41) is 6.67. The number of aromatic nitrogens is 3. The molecule has 1 aromatic heterocycles. The maximum absolute atomic E-state index is 5.82.